The average molecular weight is 100 g/mol. The lowest BCUT2D eigenvalue weighted by Crippen LogP contribution is -1.90. The Morgan fingerprint density at radius 1 is 1.57 bits per heavy atom. The van der Waals surface area contributed by atoms with E-state index in [-0.39, 0.29) is 0 Å². The molecule has 0 amide bonds. The van der Waals surface area contributed by atoms with Crippen LogP contribution in [0, 0.1) is 0 Å². The van der Waals surface area contributed by atoms with Crippen LogP contribution in [0.15, 0.2) is 10.2 Å². The number of hydrogen-bond donors (Lipinski definition) is 0. The molecule has 0 N–H and O–H groups in total. The van der Waals surface area contributed by atoms with Gasteiger partial charge in [0.15, 0.2) is 0 Å². The molecule has 0 saturated heterocycles. The molecule has 0 saturated carbocycles. The second kappa shape index (κ2) is 3.78. The van der Waals surface area contributed by atoms with Gasteiger partial charge < -0.3 is 0 Å². The van der Waals surface area contributed by atoms with E-state index in [1.807, 2.05) is 6.92 Å². The number of nitrogens with zero attached hydrogens (tertiary/aromatic N) is 2. The fraction of sp³-hybridized carbons (Fsp3) is 1.00. The molecule has 42 valence electrons. The summed E-state index contributed by atoms with van der Waals surface area (Å²) in [6, 6.07) is 0.407. The van der Waals surface area contributed by atoms with Crippen molar-refractivity contribution in [1.29, 1.82) is 0 Å². The Labute approximate surface area is 44.6 Å². The molecule has 0 heterocycles. The van der Waals surface area contributed by atoms with Gasteiger partial charge in [-0.2, -0.15) is 10.2 Å². The van der Waals surface area contributed by atoms with Crippen LogP contribution in [0.1, 0.15) is 20.3 Å². The SMILES string of the molecule is CCC(C)N=NC. The Kier molecular flexibility index (Phi) is 3.56. The minimum Gasteiger partial charge on any atom is -0.197 e. The lowest BCUT2D eigenvalue weighted by molar-refractivity contribution is 0.674. The van der Waals surface area contributed by atoms with E-state index < -0.39 is 0 Å². The van der Waals surface area contributed by atoms with Crippen LogP contribution < -0.4 is 0 Å². The highest BCUT2D eigenvalue weighted by Gasteiger charge is 1.88. The molecular formula is C5H12N2. The molecule has 0 aliphatic carbocycles. The van der Waals surface area contributed by atoms with Crippen molar-refractivity contribution < 1.29 is 0 Å². The molecule has 0 bridgehead atoms. The topological polar surface area (TPSA) is 24.7 Å². The van der Waals surface area contributed by atoms with Crippen LogP contribution in [0.25, 0.3) is 0 Å². The highest BCUT2D eigenvalue weighted by molar-refractivity contribution is 4.49. The summed E-state index contributed by atoms with van der Waals surface area (Å²) in [6.07, 6.45) is 1.08. The molecule has 0 aromatic carbocycles. The van der Waals surface area contributed by atoms with Crippen LogP contribution in [-0.2, 0) is 0 Å². The van der Waals surface area contributed by atoms with Crippen LogP contribution in [-0.4, -0.2) is 13.1 Å². The van der Waals surface area contributed by atoms with Crippen molar-refractivity contribution >= 4 is 0 Å². The summed E-state index contributed by atoms with van der Waals surface area (Å²) in [5.74, 6) is 0. The summed E-state index contributed by atoms with van der Waals surface area (Å²) >= 11 is 0. The molecule has 0 aromatic rings. The standard InChI is InChI=1S/C5H12N2/c1-4-5(2)7-6-3/h5H,4H2,1-3H3. The maximum atomic E-state index is 3.87. The Morgan fingerprint density at radius 2 is 2.14 bits per heavy atom. The molecular weight excluding hydrogens is 88.1 g/mol. The van der Waals surface area contributed by atoms with Crippen molar-refractivity contribution in [2.45, 2.75) is 26.3 Å². The Bertz CT molecular complexity index is 59.1. The normalized spacial score (nSPS) is 15.3. The first-order valence-electron chi connectivity index (χ1n) is 2.60. The van der Waals surface area contributed by atoms with Gasteiger partial charge >= 0.3 is 0 Å². The highest BCUT2D eigenvalue weighted by atomic mass is 15.1. The van der Waals surface area contributed by atoms with E-state index in [0.29, 0.717) is 6.04 Å². The molecule has 0 aliphatic rings. The Morgan fingerprint density at radius 3 is 2.29 bits per heavy atom. The van der Waals surface area contributed by atoms with Crippen molar-refractivity contribution in [2.24, 2.45) is 10.2 Å². The largest absolute Gasteiger partial charge is 0.197 e. The minimum absolute atomic E-state index is 0.407. The molecule has 1 unspecified atom stereocenters. The zero-order chi connectivity index (χ0) is 5.70. The van der Waals surface area contributed by atoms with Crippen molar-refractivity contribution in [2.75, 3.05) is 7.05 Å². The molecule has 7 heavy (non-hydrogen) atoms. The van der Waals surface area contributed by atoms with Crippen LogP contribution in [0.3, 0.4) is 0 Å². The van der Waals surface area contributed by atoms with Gasteiger partial charge in [-0.3, -0.25) is 0 Å². The summed E-state index contributed by atoms with van der Waals surface area (Å²) in [5, 5.41) is 7.50. The smallest absolute Gasteiger partial charge is 0.0677 e. The average Bonchev–Trinajstić information content (AvgIpc) is 1.68. The zero-order valence-corrected chi connectivity index (χ0v) is 5.18. The van der Waals surface area contributed by atoms with Crippen LogP contribution in [0.5, 0.6) is 0 Å². The third kappa shape index (κ3) is 3.43. The predicted octanol–water partition coefficient (Wildman–Crippen LogP) is 1.87. The van der Waals surface area contributed by atoms with Gasteiger partial charge in [-0.05, 0) is 13.3 Å². The van der Waals surface area contributed by atoms with E-state index in [0.717, 1.165) is 6.42 Å². The Balaban J connectivity index is 3.16. The van der Waals surface area contributed by atoms with Crippen LogP contribution >= 0.6 is 0 Å². The molecule has 2 heteroatoms. The van der Waals surface area contributed by atoms with Gasteiger partial charge in [0.1, 0.15) is 0 Å². The van der Waals surface area contributed by atoms with Crippen molar-refractivity contribution in [3.05, 3.63) is 0 Å². The first-order valence-corrected chi connectivity index (χ1v) is 2.60. The van der Waals surface area contributed by atoms with Gasteiger partial charge in [-0.1, -0.05) is 6.92 Å². The Hall–Kier alpha value is -0.400. The monoisotopic (exact) mass is 100 g/mol. The molecule has 0 spiro atoms. The van der Waals surface area contributed by atoms with Gasteiger partial charge in [-0.25, -0.2) is 0 Å². The molecule has 2 nitrogen and oxygen atoms in total. The van der Waals surface area contributed by atoms with Gasteiger partial charge in [0, 0.05) is 7.05 Å². The lowest BCUT2D eigenvalue weighted by Gasteiger charge is -1.94. The fourth-order valence-corrected chi connectivity index (χ4v) is 0.279. The van der Waals surface area contributed by atoms with E-state index in [1.54, 1.807) is 7.05 Å². The maximum Gasteiger partial charge on any atom is 0.0677 e. The van der Waals surface area contributed by atoms with E-state index >= 15 is 0 Å². The molecule has 1 atom stereocenters. The quantitative estimate of drug-likeness (QED) is 0.473. The van der Waals surface area contributed by atoms with Crippen molar-refractivity contribution in [3.63, 3.8) is 0 Å². The zero-order valence-electron chi connectivity index (χ0n) is 5.18. The summed E-state index contributed by atoms with van der Waals surface area (Å²) in [7, 11) is 1.70. The first kappa shape index (κ1) is 6.60. The van der Waals surface area contributed by atoms with Gasteiger partial charge in [0.05, 0.1) is 6.04 Å². The van der Waals surface area contributed by atoms with E-state index in [4.69, 9.17) is 0 Å². The third-order valence-corrected chi connectivity index (χ3v) is 0.903. The third-order valence-electron chi connectivity index (χ3n) is 0.903. The van der Waals surface area contributed by atoms with Crippen molar-refractivity contribution in [3.8, 4) is 0 Å². The summed E-state index contributed by atoms with van der Waals surface area (Å²) in [6.45, 7) is 4.15. The van der Waals surface area contributed by atoms with Gasteiger partial charge in [0.25, 0.3) is 0 Å². The first-order chi connectivity index (χ1) is 3.31. The summed E-state index contributed by atoms with van der Waals surface area (Å²) in [5.41, 5.74) is 0. The molecule has 0 rings (SSSR count). The second-order valence-electron chi connectivity index (χ2n) is 1.57. The van der Waals surface area contributed by atoms with E-state index in [1.165, 1.54) is 0 Å². The van der Waals surface area contributed by atoms with E-state index in [9.17, 15) is 0 Å². The number of hydrogen-bond acceptors (Lipinski definition) is 2. The second-order valence-corrected chi connectivity index (χ2v) is 1.57. The molecule has 0 fully saturated rings. The molecule has 0 aromatic heterocycles. The maximum absolute atomic E-state index is 3.87. The highest BCUT2D eigenvalue weighted by Crippen LogP contribution is 1.93. The van der Waals surface area contributed by atoms with E-state index in [2.05, 4.69) is 17.2 Å². The van der Waals surface area contributed by atoms with Gasteiger partial charge in [-0.15, -0.1) is 0 Å². The van der Waals surface area contributed by atoms with Gasteiger partial charge in [0.2, 0.25) is 0 Å². The minimum atomic E-state index is 0.407. The van der Waals surface area contributed by atoms with Crippen LogP contribution in [0.4, 0.5) is 0 Å². The summed E-state index contributed by atoms with van der Waals surface area (Å²) < 4.78 is 0. The van der Waals surface area contributed by atoms with Crippen LogP contribution in [0.2, 0.25) is 0 Å². The summed E-state index contributed by atoms with van der Waals surface area (Å²) in [4.78, 5) is 0. The fourth-order valence-electron chi connectivity index (χ4n) is 0.279. The number of rotatable bonds is 2. The predicted molar refractivity (Wildman–Crippen MR) is 30.5 cm³/mol. The number of azo groups is 1. The van der Waals surface area contributed by atoms with Crippen molar-refractivity contribution in [1.82, 2.24) is 0 Å². The molecule has 0 aliphatic heterocycles. The lowest BCUT2D eigenvalue weighted by atomic mass is 10.3. The molecule has 0 radical (unpaired) electrons.